The van der Waals surface area contributed by atoms with Crippen LogP contribution in [0.15, 0.2) is 40.9 Å². The predicted molar refractivity (Wildman–Crippen MR) is 80.6 cm³/mol. The second-order valence-electron chi connectivity index (χ2n) is 4.69. The van der Waals surface area contributed by atoms with E-state index in [1.54, 1.807) is 12.1 Å². The third kappa shape index (κ3) is 3.86. The molecule has 0 radical (unpaired) electrons. The molecule has 21 heavy (non-hydrogen) atoms. The van der Waals surface area contributed by atoms with Crippen molar-refractivity contribution in [3.63, 3.8) is 0 Å². The van der Waals surface area contributed by atoms with Crippen LogP contribution >= 0.6 is 15.9 Å². The summed E-state index contributed by atoms with van der Waals surface area (Å²) in [6.07, 6.45) is 0.149. The maximum atomic E-state index is 14.1. The monoisotopic (exact) mass is 357 g/mol. The van der Waals surface area contributed by atoms with Crippen LogP contribution in [0.5, 0.6) is 0 Å². The Balaban J connectivity index is 2.32. The minimum Gasteiger partial charge on any atom is -0.310 e. The lowest BCUT2D eigenvalue weighted by Crippen LogP contribution is -2.24. The van der Waals surface area contributed by atoms with E-state index in [9.17, 15) is 13.2 Å². The molecule has 1 N–H and O–H groups in total. The highest BCUT2D eigenvalue weighted by molar-refractivity contribution is 9.10. The lowest BCUT2D eigenvalue weighted by molar-refractivity contribution is 0.496. The quantitative estimate of drug-likeness (QED) is 0.760. The summed E-state index contributed by atoms with van der Waals surface area (Å²) in [7, 11) is 0. The van der Waals surface area contributed by atoms with Crippen LogP contribution in [-0.4, -0.2) is 6.54 Å². The predicted octanol–water partition coefficient (Wildman–Crippen LogP) is 4.76. The molecule has 1 atom stereocenters. The van der Waals surface area contributed by atoms with E-state index in [2.05, 4.69) is 21.2 Å². The zero-order valence-electron chi connectivity index (χ0n) is 11.5. The van der Waals surface area contributed by atoms with E-state index in [0.717, 1.165) is 5.56 Å². The molecule has 1 nitrogen and oxygen atoms in total. The Morgan fingerprint density at radius 3 is 2.33 bits per heavy atom. The summed E-state index contributed by atoms with van der Waals surface area (Å²) in [4.78, 5) is 0. The molecule has 2 aromatic rings. The van der Waals surface area contributed by atoms with Gasteiger partial charge in [-0.2, -0.15) is 0 Å². The zero-order chi connectivity index (χ0) is 15.4. The van der Waals surface area contributed by atoms with E-state index < -0.39 is 11.6 Å². The van der Waals surface area contributed by atoms with E-state index in [1.807, 2.05) is 6.92 Å². The fourth-order valence-electron chi connectivity index (χ4n) is 2.21. The second kappa shape index (κ2) is 7.09. The van der Waals surface area contributed by atoms with Gasteiger partial charge in [-0.25, -0.2) is 13.2 Å². The Bertz CT molecular complexity index is 614. The molecule has 0 saturated carbocycles. The molecule has 0 aliphatic heterocycles. The number of hydrogen-bond acceptors (Lipinski definition) is 1. The van der Waals surface area contributed by atoms with Gasteiger partial charge in [-0.05, 0) is 58.7 Å². The fraction of sp³-hybridized carbons (Fsp3) is 0.250. The Morgan fingerprint density at radius 1 is 1.05 bits per heavy atom. The van der Waals surface area contributed by atoms with Crippen molar-refractivity contribution >= 4 is 15.9 Å². The van der Waals surface area contributed by atoms with E-state index in [0.29, 0.717) is 6.54 Å². The van der Waals surface area contributed by atoms with Crippen molar-refractivity contribution < 1.29 is 13.2 Å². The first-order valence-electron chi connectivity index (χ1n) is 6.64. The number of likely N-dealkylation sites (N-methyl/N-ethyl adjacent to an activating group) is 1. The Morgan fingerprint density at radius 2 is 1.71 bits per heavy atom. The van der Waals surface area contributed by atoms with Crippen molar-refractivity contribution in [1.82, 2.24) is 5.32 Å². The van der Waals surface area contributed by atoms with E-state index in [1.165, 1.54) is 24.3 Å². The number of halogens is 4. The van der Waals surface area contributed by atoms with Gasteiger partial charge in [-0.3, -0.25) is 0 Å². The summed E-state index contributed by atoms with van der Waals surface area (Å²) in [6, 6.07) is 8.21. The van der Waals surface area contributed by atoms with Crippen LogP contribution in [0.3, 0.4) is 0 Å². The fourth-order valence-corrected chi connectivity index (χ4v) is 2.58. The lowest BCUT2D eigenvalue weighted by atomic mass is 9.98. The van der Waals surface area contributed by atoms with Gasteiger partial charge in [0.15, 0.2) is 0 Å². The first-order valence-corrected chi connectivity index (χ1v) is 7.43. The van der Waals surface area contributed by atoms with E-state index >= 15 is 0 Å². The van der Waals surface area contributed by atoms with Crippen molar-refractivity contribution in [2.75, 3.05) is 6.54 Å². The lowest BCUT2D eigenvalue weighted by Gasteiger charge is -2.19. The maximum Gasteiger partial charge on any atom is 0.143 e. The van der Waals surface area contributed by atoms with Gasteiger partial charge in [-0.15, -0.1) is 0 Å². The number of rotatable bonds is 5. The molecule has 0 saturated heterocycles. The molecule has 5 heteroatoms. The molecule has 0 spiro atoms. The molecular formula is C16H15BrF3N. The summed E-state index contributed by atoms with van der Waals surface area (Å²) >= 11 is 3.06. The van der Waals surface area contributed by atoms with Gasteiger partial charge in [0.05, 0.1) is 4.47 Å². The van der Waals surface area contributed by atoms with Gasteiger partial charge in [-0.1, -0.05) is 19.1 Å². The largest absolute Gasteiger partial charge is 0.310 e. The first kappa shape index (κ1) is 16.0. The molecule has 0 aromatic heterocycles. The van der Waals surface area contributed by atoms with Crippen molar-refractivity contribution in [1.29, 1.82) is 0 Å². The van der Waals surface area contributed by atoms with Crippen molar-refractivity contribution in [2.45, 2.75) is 19.4 Å². The topological polar surface area (TPSA) is 12.0 Å². The van der Waals surface area contributed by atoms with Crippen LogP contribution in [-0.2, 0) is 6.42 Å². The molecule has 2 aromatic carbocycles. The standard InChI is InChI=1S/C16H15BrF3N/c1-2-21-15(10-3-5-11(18)6-4-10)9-12-14(19)8-7-13(17)16(12)20/h3-8,15,21H,2,9H2,1H3. The van der Waals surface area contributed by atoms with Crippen LogP contribution in [0.4, 0.5) is 13.2 Å². The molecule has 0 fully saturated rings. The first-order chi connectivity index (χ1) is 10.0. The third-order valence-electron chi connectivity index (χ3n) is 3.27. The molecule has 0 amide bonds. The summed E-state index contributed by atoms with van der Waals surface area (Å²) in [5.41, 5.74) is 0.802. The smallest absolute Gasteiger partial charge is 0.143 e. The molecule has 1 unspecified atom stereocenters. The average Bonchev–Trinajstić information content (AvgIpc) is 2.47. The van der Waals surface area contributed by atoms with Crippen LogP contribution in [0.25, 0.3) is 0 Å². The Kier molecular flexibility index (Phi) is 5.42. The Labute approximate surface area is 130 Å². The summed E-state index contributed by atoms with van der Waals surface area (Å²) < 4.78 is 41.2. The molecule has 0 aliphatic carbocycles. The van der Waals surface area contributed by atoms with Crippen LogP contribution in [0, 0.1) is 17.5 Å². The van der Waals surface area contributed by atoms with Gasteiger partial charge in [0, 0.05) is 11.6 Å². The number of benzene rings is 2. The highest BCUT2D eigenvalue weighted by Crippen LogP contribution is 2.26. The van der Waals surface area contributed by atoms with Gasteiger partial charge in [0.25, 0.3) is 0 Å². The maximum absolute atomic E-state index is 14.1. The minimum atomic E-state index is -0.597. The Hall–Kier alpha value is -1.33. The van der Waals surface area contributed by atoms with Crippen LogP contribution < -0.4 is 5.32 Å². The van der Waals surface area contributed by atoms with Crippen LogP contribution in [0.1, 0.15) is 24.1 Å². The highest BCUT2D eigenvalue weighted by Gasteiger charge is 2.18. The van der Waals surface area contributed by atoms with Crippen LogP contribution in [0.2, 0.25) is 0 Å². The molecule has 0 aliphatic rings. The van der Waals surface area contributed by atoms with Crippen molar-refractivity contribution in [2.24, 2.45) is 0 Å². The van der Waals surface area contributed by atoms with Gasteiger partial charge >= 0.3 is 0 Å². The average molecular weight is 358 g/mol. The van der Waals surface area contributed by atoms with Gasteiger partial charge in [0.1, 0.15) is 17.5 Å². The third-order valence-corrected chi connectivity index (χ3v) is 3.88. The molecule has 2 rings (SSSR count). The molecule has 0 bridgehead atoms. The van der Waals surface area contributed by atoms with E-state index in [4.69, 9.17) is 0 Å². The summed E-state index contributed by atoms with van der Waals surface area (Å²) in [5.74, 6) is -1.52. The summed E-state index contributed by atoms with van der Waals surface area (Å²) in [5, 5.41) is 3.17. The normalized spacial score (nSPS) is 12.4. The second-order valence-corrected chi connectivity index (χ2v) is 5.54. The highest BCUT2D eigenvalue weighted by atomic mass is 79.9. The molecule has 0 heterocycles. The SMILES string of the molecule is CCNC(Cc1c(F)ccc(Br)c1F)c1ccc(F)cc1. The molecular weight excluding hydrogens is 343 g/mol. The van der Waals surface area contributed by atoms with E-state index in [-0.39, 0.29) is 28.3 Å². The van der Waals surface area contributed by atoms with Crippen molar-refractivity contribution in [3.8, 4) is 0 Å². The minimum absolute atomic E-state index is 0.0136. The zero-order valence-corrected chi connectivity index (χ0v) is 13.1. The van der Waals surface area contributed by atoms with Crippen molar-refractivity contribution in [3.05, 3.63) is 69.4 Å². The summed E-state index contributed by atoms with van der Waals surface area (Å²) in [6.45, 7) is 2.55. The van der Waals surface area contributed by atoms with Gasteiger partial charge < -0.3 is 5.32 Å². The number of nitrogens with one attached hydrogen (secondary N) is 1. The number of hydrogen-bond donors (Lipinski definition) is 1. The molecule has 112 valence electrons. The van der Waals surface area contributed by atoms with Gasteiger partial charge in [0.2, 0.25) is 0 Å².